The van der Waals surface area contributed by atoms with Gasteiger partial charge in [-0.25, -0.2) is 9.67 Å². The average molecular weight is 467 g/mol. The summed E-state index contributed by atoms with van der Waals surface area (Å²) in [5.41, 5.74) is 2.89. The first kappa shape index (κ1) is 23.7. The Morgan fingerprint density at radius 1 is 0.971 bits per heavy atom. The summed E-state index contributed by atoms with van der Waals surface area (Å²) in [6, 6.07) is 5.88. The Bertz CT molecular complexity index is 1120. The van der Waals surface area contributed by atoms with Gasteiger partial charge in [0, 0.05) is 29.6 Å². The van der Waals surface area contributed by atoms with Crippen molar-refractivity contribution in [1.29, 1.82) is 0 Å². The summed E-state index contributed by atoms with van der Waals surface area (Å²) >= 11 is 0. The molecule has 182 valence electrons. The van der Waals surface area contributed by atoms with Crippen LogP contribution in [0.1, 0.15) is 49.9 Å². The standard InChI is InChI=1S/C25H34N6O3/c1-15-9-7-8-10-19(15)31-24(16(2)17(3)30-31)28-22-11-12-26-25(29-22)27-18-13-20(32-4)23(34-6)21(14-18)33-5/h11-15,19H,7-10H2,1-6H3,(H2,26,27,28,29). The van der Waals surface area contributed by atoms with Crippen LogP contribution in [0.5, 0.6) is 17.2 Å². The molecule has 1 saturated carbocycles. The van der Waals surface area contributed by atoms with Crippen LogP contribution in [0.2, 0.25) is 0 Å². The number of ether oxygens (including phenoxy) is 3. The van der Waals surface area contributed by atoms with Crippen LogP contribution in [0.15, 0.2) is 24.4 Å². The van der Waals surface area contributed by atoms with Gasteiger partial charge >= 0.3 is 0 Å². The molecule has 2 atom stereocenters. The number of hydrogen-bond donors (Lipinski definition) is 2. The highest BCUT2D eigenvalue weighted by Gasteiger charge is 2.27. The van der Waals surface area contributed by atoms with Crippen molar-refractivity contribution in [2.45, 2.75) is 52.5 Å². The molecule has 0 bridgehead atoms. The lowest BCUT2D eigenvalue weighted by atomic mass is 9.86. The quantitative estimate of drug-likeness (QED) is 0.446. The van der Waals surface area contributed by atoms with Gasteiger partial charge in [0.05, 0.1) is 33.1 Å². The minimum atomic E-state index is 0.391. The molecule has 2 aromatic heterocycles. The first-order chi connectivity index (χ1) is 16.4. The molecule has 0 spiro atoms. The van der Waals surface area contributed by atoms with Crippen LogP contribution in [0.3, 0.4) is 0 Å². The number of nitrogens with one attached hydrogen (secondary N) is 2. The number of rotatable bonds is 8. The first-order valence-corrected chi connectivity index (χ1v) is 11.7. The predicted molar refractivity (Wildman–Crippen MR) is 133 cm³/mol. The maximum absolute atomic E-state index is 5.45. The van der Waals surface area contributed by atoms with E-state index in [1.807, 2.05) is 18.2 Å². The van der Waals surface area contributed by atoms with Crippen molar-refractivity contribution in [3.05, 3.63) is 35.7 Å². The van der Waals surface area contributed by atoms with Crippen LogP contribution in [0.25, 0.3) is 0 Å². The molecule has 1 aromatic carbocycles. The van der Waals surface area contributed by atoms with Gasteiger partial charge in [-0.2, -0.15) is 10.1 Å². The molecule has 0 amide bonds. The highest BCUT2D eigenvalue weighted by Crippen LogP contribution is 2.41. The average Bonchev–Trinajstić information content (AvgIpc) is 3.12. The smallest absolute Gasteiger partial charge is 0.229 e. The van der Waals surface area contributed by atoms with Crippen molar-refractivity contribution in [3.8, 4) is 17.2 Å². The van der Waals surface area contributed by atoms with E-state index in [2.05, 4.69) is 46.1 Å². The lowest BCUT2D eigenvalue weighted by Crippen LogP contribution is -2.23. The summed E-state index contributed by atoms with van der Waals surface area (Å²) in [4.78, 5) is 9.07. The molecule has 2 unspecified atom stereocenters. The molecule has 9 heteroatoms. The van der Waals surface area contributed by atoms with Gasteiger partial charge in [0.15, 0.2) is 11.5 Å². The van der Waals surface area contributed by atoms with Gasteiger partial charge in [-0.05, 0) is 38.7 Å². The van der Waals surface area contributed by atoms with E-state index in [9.17, 15) is 0 Å². The van der Waals surface area contributed by atoms with Crippen molar-refractivity contribution in [3.63, 3.8) is 0 Å². The zero-order valence-corrected chi connectivity index (χ0v) is 20.8. The molecule has 34 heavy (non-hydrogen) atoms. The Balaban J connectivity index is 1.60. The molecule has 1 aliphatic rings. The summed E-state index contributed by atoms with van der Waals surface area (Å²) in [5, 5.41) is 11.6. The van der Waals surface area contributed by atoms with Gasteiger partial charge in [0.1, 0.15) is 11.6 Å². The van der Waals surface area contributed by atoms with Gasteiger partial charge < -0.3 is 24.8 Å². The van der Waals surface area contributed by atoms with Crippen LogP contribution in [0.4, 0.5) is 23.3 Å². The minimum absolute atomic E-state index is 0.391. The van der Waals surface area contributed by atoms with Gasteiger partial charge in [-0.15, -0.1) is 0 Å². The molecule has 0 saturated heterocycles. The Morgan fingerprint density at radius 2 is 1.68 bits per heavy atom. The Morgan fingerprint density at radius 3 is 2.32 bits per heavy atom. The van der Waals surface area contributed by atoms with Crippen LogP contribution in [-0.2, 0) is 0 Å². The first-order valence-electron chi connectivity index (χ1n) is 11.7. The largest absolute Gasteiger partial charge is 0.493 e. The van der Waals surface area contributed by atoms with Crippen LogP contribution >= 0.6 is 0 Å². The molecule has 9 nitrogen and oxygen atoms in total. The molecular formula is C25H34N6O3. The molecule has 2 heterocycles. The topological polar surface area (TPSA) is 95.4 Å². The lowest BCUT2D eigenvalue weighted by Gasteiger charge is -2.30. The Kier molecular flexibility index (Phi) is 7.09. The van der Waals surface area contributed by atoms with E-state index >= 15 is 0 Å². The fourth-order valence-corrected chi connectivity index (χ4v) is 4.57. The van der Waals surface area contributed by atoms with Crippen molar-refractivity contribution < 1.29 is 14.2 Å². The van der Waals surface area contributed by atoms with E-state index in [-0.39, 0.29) is 0 Å². The highest BCUT2D eigenvalue weighted by molar-refractivity contribution is 5.66. The van der Waals surface area contributed by atoms with Crippen molar-refractivity contribution in [1.82, 2.24) is 19.7 Å². The SMILES string of the molecule is COc1cc(Nc2nccc(Nc3c(C)c(C)nn3C3CCCCC3C)n2)cc(OC)c1OC. The van der Waals surface area contributed by atoms with Gasteiger partial charge in [-0.1, -0.05) is 19.8 Å². The van der Waals surface area contributed by atoms with Gasteiger partial charge in [0.25, 0.3) is 0 Å². The summed E-state index contributed by atoms with van der Waals surface area (Å²) in [7, 11) is 4.75. The number of hydrogen-bond acceptors (Lipinski definition) is 8. The van der Waals surface area contributed by atoms with E-state index < -0.39 is 0 Å². The fourth-order valence-electron chi connectivity index (χ4n) is 4.57. The Hall–Kier alpha value is -3.49. The van der Waals surface area contributed by atoms with Gasteiger partial charge in [0.2, 0.25) is 11.7 Å². The Labute approximate surface area is 200 Å². The zero-order chi connectivity index (χ0) is 24.2. The van der Waals surface area contributed by atoms with Crippen LogP contribution in [0, 0.1) is 19.8 Å². The molecule has 0 aliphatic heterocycles. The second kappa shape index (κ2) is 10.2. The van der Waals surface area contributed by atoms with E-state index in [0.717, 1.165) is 29.2 Å². The number of benzene rings is 1. The van der Waals surface area contributed by atoms with Crippen LogP contribution in [-0.4, -0.2) is 41.1 Å². The molecular weight excluding hydrogens is 432 g/mol. The van der Waals surface area contributed by atoms with Crippen molar-refractivity contribution in [2.75, 3.05) is 32.0 Å². The molecule has 4 rings (SSSR count). The maximum Gasteiger partial charge on any atom is 0.229 e. The second-order valence-electron chi connectivity index (χ2n) is 8.76. The molecule has 2 N–H and O–H groups in total. The summed E-state index contributed by atoms with van der Waals surface area (Å²) in [6.45, 7) is 6.48. The van der Waals surface area contributed by atoms with E-state index in [1.54, 1.807) is 27.5 Å². The predicted octanol–water partition coefficient (Wildman–Crippen LogP) is 5.55. The monoisotopic (exact) mass is 466 g/mol. The molecule has 1 aliphatic carbocycles. The van der Waals surface area contributed by atoms with Crippen molar-refractivity contribution >= 4 is 23.3 Å². The molecule has 1 fully saturated rings. The normalized spacial score (nSPS) is 17.8. The number of anilines is 4. The summed E-state index contributed by atoms with van der Waals surface area (Å²) in [5.74, 6) is 4.36. The summed E-state index contributed by atoms with van der Waals surface area (Å²) < 4.78 is 18.5. The number of nitrogens with zero attached hydrogens (tertiary/aromatic N) is 4. The molecule has 3 aromatic rings. The fraction of sp³-hybridized carbons (Fsp3) is 0.480. The van der Waals surface area contributed by atoms with E-state index in [4.69, 9.17) is 19.3 Å². The van der Waals surface area contributed by atoms with E-state index in [1.165, 1.54) is 19.3 Å². The minimum Gasteiger partial charge on any atom is -0.493 e. The van der Waals surface area contributed by atoms with Gasteiger partial charge in [-0.3, -0.25) is 0 Å². The van der Waals surface area contributed by atoms with Crippen molar-refractivity contribution in [2.24, 2.45) is 5.92 Å². The third-order valence-corrected chi connectivity index (χ3v) is 6.59. The highest BCUT2D eigenvalue weighted by atomic mass is 16.5. The lowest BCUT2D eigenvalue weighted by molar-refractivity contribution is 0.242. The second-order valence-corrected chi connectivity index (χ2v) is 8.76. The zero-order valence-electron chi connectivity index (χ0n) is 20.8. The third-order valence-electron chi connectivity index (χ3n) is 6.59. The number of methoxy groups -OCH3 is 3. The summed E-state index contributed by atoms with van der Waals surface area (Å²) in [6.07, 6.45) is 6.64. The van der Waals surface area contributed by atoms with E-state index in [0.29, 0.717) is 41.0 Å². The third kappa shape index (κ3) is 4.73. The van der Waals surface area contributed by atoms with Crippen LogP contribution < -0.4 is 24.8 Å². The molecule has 0 radical (unpaired) electrons. The maximum atomic E-state index is 5.45. The number of aryl methyl sites for hydroxylation is 1. The number of aromatic nitrogens is 4.